The average Bonchev–Trinajstić information content (AvgIpc) is 3.15. The van der Waals surface area contributed by atoms with Gasteiger partial charge in [0.2, 0.25) is 0 Å². The Bertz CT molecular complexity index is 699. The number of nitrogens with zero attached hydrogens (tertiary/aromatic N) is 2. The van der Waals surface area contributed by atoms with Crippen molar-refractivity contribution in [2.75, 3.05) is 19.8 Å². The summed E-state index contributed by atoms with van der Waals surface area (Å²) in [6, 6.07) is 7.42. The van der Waals surface area contributed by atoms with Crippen LogP contribution >= 0.6 is 0 Å². The van der Waals surface area contributed by atoms with Gasteiger partial charge in [-0.05, 0) is 43.5 Å². The van der Waals surface area contributed by atoms with Crippen LogP contribution in [0.15, 0.2) is 30.5 Å². The normalized spacial score (nSPS) is 20.3. The molecule has 0 bridgehead atoms. The largest absolute Gasteiger partial charge is 0.486 e. The summed E-state index contributed by atoms with van der Waals surface area (Å²) in [7, 11) is 0. The van der Waals surface area contributed by atoms with E-state index >= 15 is 0 Å². The van der Waals surface area contributed by atoms with E-state index in [1.165, 1.54) is 0 Å². The molecule has 1 N–H and O–H groups in total. The number of carbonyl (C=O) groups excluding carboxylic acids is 1. The molecule has 6 nitrogen and oxygen atoms in total. The zero-order valence-corrected chi connectivity index (χ0v) is 12.8. The number of hydrogen-bond acceptors (Lipinski definition) is 4. The van der Waals surface area contributed by atoms with Crippen molar-refractivity contribution in [2.45, 2.75) is 25.3 Å². The Kier molecular flexibility index (Phi) is 3.65. The number of carbonyl (C=O) groups is 1. The summed E-state index contributed by atoms with van der Waals surface area (Å²) in [5.74, 6) is 1.38. The van der Waals surface area contributed by atoms with E-state index < -0.39 is 0 Å². The standard InChI is InChI=1S/C17H19N3O3/c21-17(12-4-5-15-16(11-12)23-10-9-22-15)20-8-2-1-3-14(20)13-6-7-18-19-13/h4-7,11,14H,1-3,8-10H2,(H,18,19). The Morgan fingerprint density at radius 3 is 2.87 bits per heavy atom. The highest BCUT2D eigenvalue weighted by molar-refractivity contribution is 5.95. The highest BCUT2D eigenvalue weighted by Gasteiger charge is 2.30. The third-order valence-electron chi connectivity index (χ3n) is 4.43. The molecule has 1 fully saturated rings. The number of likely N-dealkylation sites (tertiary alicyclic amines) is 1. The fourth-order valence-corrected chi connectivity index (χ4v) is 3.29. The summed E-state index contributed by atoms with van der Waals surface area (Å²) in [6.45, 7) is 1.83. The Balaban J connectivity index is 1.62. The number of H-pyrrole nitrogens is 1. The van der Waals surface area contributed by atoms with E-state index in [-0.39, 0.29) is 11.9 Å². The molecule has 120 valence electrons. The van der Waals surface area contributed by atoms with Crippen LogP contribution in [0.2, 0.25) is 0 Å². The molecule has 2 aliphatic heterocycles. The van der Waals surface area contributed by atoms with E-state index in [0.717, 1.165) is 31.5 Å². The zero-order valence-electron chi connectivity index (χ0n) is 12.8. The van der Waals surface area contributed by atoms with Gasteiger partial charge < -0.3 is 14.4 Å². The van der Waals surface area contributed by atoms with E-state index in [0.29, 0.717) is 30.3 Å². The van der Waals surface area contributed by atoms with Gasteiger partial charge in [-0.1, -0.05) is 0 Å². The summed E-state index contributed by atoms with van der Waals surface area (Å²) < 4.78 is 11.1. The molecule has 23 heavy (non-hydrogen) atoms. The van der Waals surface area contributed by atoms with Gasteiger partial charge in [-0.25, -0.2) is 0 Å². The molecule has 0 spiro atoms. The molecule has 2 aromatic rings. The minimum absolute atomic E-state index is 0.0290. The maximum Gasteiger partial charge on any atom is 0.254 e. The lowest BCUT2D eigenvalue weighted by molar-refractivity contribution is 0.0605. The zero-order chi connectivity index (χ0) is 15.6. The number of amides is 1. The Morgan fingerprint density at radius 2 is 2.04 bits per heavy atom. The van der Waals surface area contributed by atoms with Gasteiger partial charge in [0.05, 0.1) is 11.7 Å². The van der Waals surface area contributed by atoms with Crippen molar-refractivity contribution < 1.29 is 14.3 Å². The minimum Gasteiger partial charge on any atom is -0.486 e. The number of rotatable bonds is 2. The summed E-state index contributed by atoms with van der Waals surface area (Å²) in [6.07, 6.45) is 4.84. The number of fused-ring (bicyclic) bond motifs is 1. The molecule has 1 aromatic heterocycles. The summed E-state index contributed by atoms with van der Waals surface area (Å²) in [5.41, 5.74) is 1.64. The Hall–Kier alpha value is -2.50. The van der Waals surface area contributed by atoms with Gasteiger partial charge in [0.25, 0.3) is 5.91 Å². The first-order valence-corrected chi connectivity index (χ1v) is 8.03. The van der Waals surface area contributed by atoms with E-state index in [4.69, 9.17) is 9.47 Å². The van der Waals surface area contributed by atoms with Crippen LogP contribution in [0.4, 0.5) is 0 Å². The lowest BCUT2D eigenvalue weighted by Gasteiger charge is -2.35. The number of benzene rings is 1. The van der Waals surface area contributed by atoms with Gasteiger partial charge in [-0.2, -0.15) is 5.10 Å². The number of ether oxygens (including phenoxy) is 2. The molecule has 6 heteroatoms. The number of aromatic amines is 1. The minimum atomic E-state index is 0.0290. The maximum absolute atomic E-state index is 13.0. The first-order valence-electron chi connectivity index (χ1n) is 8.03. The third-order valence-corrected chi connectivity index (χ3v) is 4.43. The molecule has 2 aliphatic rings. The number of piperidine rings is 1. The van der Waals surface area contributed by atoms with Crippen molar-refractivity contribution in [3.63, 3.8) is 0 Å². The summed E-state index contributed by atoms with van der Waals surface area (Å²) >= 11 is 0. The molecular weight excluding hydrogens is 294 g/mol. The van der Waals surface area contributed by atoms with Crippen LogP contribution in [-0.2, 0) is 0 Å². The Morgan fingerprint density at radius 1 is 1.17 bits per heavy atom. The monoisotopic (exact) mass is 313 g/mol. The predicted octanol–water partition coefficient (Wildman–Crippen LogP) is 2.55. The fourth-order valence-electron chi connectivity index (χ4n) is 3.29. The second-order valence-electron chi connectivity index (χ2n) is 5.88. The van der Waals surface area contributed by atoms with Crippen molar-refractivity contribution in [1.82, 2.24) is 15.1 Å². The smallest absolute Gasteiger partial charge is 0.254 e. The summed E-state index contributed by atoms with van der Waals surface area (Å²) in [5, 5.41) is 7.03. The maximum atomic E-state index is 13.0. The van der Waals surface area contributed by atoms with Crippen LogP contribution in [0, 0.1) is 0 Å². The van der Waals surface area contributed by atoms with Crippen molar-refractivity contribution in [3.05, 3.63) is 41.7 Å². The molecule has 1 saturated heterocycles. The summed E-state index contributed by atoms with van der Waals surface area (Å²) in [4.78, 5) is 14.9. The van der Waals surface area contributed by atoms with E-state index in [2.05, 4.69) is 10.2 Å². The van der Waals surface area contributed by atoms with E-state index in [1.807, 2.05) is 23.1 Å². The molecular formula is C17H19N3O3. The van der Waals surface area contributed by atoms with Crippen molar-refractivity contribution in [3.8, 4) is 11.5 Å². The van der Waals surface area contributed by atoms with Crippen LogP contribution in [0.25, 0.3) is 0 Å². The fraction of sp³-hybridized carbons (Fsp3) is 0.412. The molecule has 4 rings (SSSR count). The van der Waals surface area contributed by atoms with Gasteiger partial charge in [-0.3, -0.25) is 9.89 Å². The molecule has 1 atom stereocenters. The number of aromatic nitrogens is 2. The van der Waals surface area contributed by atoms with Crippen LogP contribution in [0.3, 0.4) is 0 Å². The molecule has 1 aromatic carbocycles. The van der Waals surface area contributed by atoms with Crippen molar-refractivity contribution in [2.24, 2.45) is 0 Å². The third kappa shape index (κ3) is 2.65. The van der Waals surface area contributed by atoms with Gasteiger partial charge in [0, 0.05) is 18.3 Å². The number of nitrogens with one attached hydrogen (secondary N) is 1. The highest BCUT2D eigenvalue weighted by Crippen LogP contribution is 2.34. The van der Waals surface area contributed by atoms with Gasteiger partial charge in [0.15, 0.2) is 11.5 Å². The average molecular weight is 313 g/mol. The molecule has 0 radical (unpaired) electrons. The van der Waals surface area contributed by atoms with Gasteiger partial charge >= 0.3 is 0 Å². The molecule has 1 amide bonds. The first kappa shape index (κ1) is 14.1. The molecule has 1 unspecified atom stereocenters. The SMILES string of the molecule is O=C(c1ccc2c(c1)OCCO2)N1CCCCC1c1ccn[nH]1. The molecule has 3 heterocycles. The van der Waals surface area contributed by atoms with Crippen LogP contribution < -0.4 is 9.47 Å². The van der Waals surface area contributed by atoms with E-state index in [1.54, 1.807) is 12.3 Å². The second-order valence-corrected chi connectivity index (χ2v) is 5.88. The van der Waals surface area contributed by atoms with Gasteiger partial charge in [0.1, 0.15) is 13.2 Å². The number of hydrogen-bond donors (Lipinski definition) is 1. The predicted molar refractivity (Wildman–Crippen MR) is 83.6 cm³/mol. The topological polar surface area (TPSA) is 67.5 Å². The van der Waals surface area contributed by atoms with Crippen LogP contribution in [0.5, 0.6) is 11.5 Å². The highest BCUT2D eigenvalue weighted by atomic mass is 16.6. The second kappa shape index (κ2) is 5.95. The quantitative estimate of drug-likeness (QED) is 0.925. The molecule has 0 saturated carbocycles. The van der Waals surface area contributed by atoms with E-state index in [9.17, 15) is 4.79 Å². The first-order chi connectivity index (χ1) is 11.3. The Labute approximate surface area is 134 Å². The lowest BCUT2D eigenvalue weighted by atomic mass is 9.98. The van der Waals surface area contributed by atoms with Crippen LogP contribution in [-0.4, -0.2) is 40.8 Å². The van der Waals surface area contributed by atoms with Crippen molar-refractivity contribution >= 4 is 5.91 Å². The lowest BCUT2D eigenvalue weighted by Crippen LogP contribution is -2.38. The molecule has 0 aliphatic carbocycles. The van der Waals surface area contributed by atoms with Crippen molar-refractivity contribution in [1.29, 1.82) is 0 Å². The van der Waals surface area contributed by atoms with Crippen LogP contribution in [0.1, 0.15) is 41.4 Å². The van der Waals surface area contributed by atoms with Gasteiger partial charge in [-0.15, -0.1) is 0 Å².